The molecule has 0 radical (unpaired) electrons. The minimum Gasteiger partial charge on any atom is -0.354 e. The molecule has 0 saturated heterocycles. The fraction of sp³-hybridized carbons (Fsp3) is 0.417. The average Bonchev–Trinajstić information content (AvgIpc) is 2.78. The van der Waals surface area contributed by atoms with Gasteiger partial charge in [0.25, 0.3) is 0 Å². The van der Waals surface area contributed by atoms with E-state index in [1.807, 2.05) is 6.92 Å². The molecule has 7 nitrogen and oxygen atoms in total. The first-order valence-corrected chi connectivity index (χ1v) is 14.2. The predicted octanol–water partition coefficient (Wildman–Crippen LogP) is 5.14. The van der Waals surface area contributed by atoms with Crippen molar-refractivity contribution in [2.24, 2.45) is 0 Å². The number of benzene rings is 2. The van der Waals surface area contributed by atoms with Crippen molar-refractivity contribution in [2.75, 3.05) is 23.7 Å². The number of carbonyl (C=O) groups is 2. The number of hydrogen-bond acceptors (Lipinski definition) is 4. The van der Waals surface area contributed by atoms with E-state index in [1.54, 1.807) is 49.4 Å². The van der Waals surface area contributed by atoms with Gasteiger partial charge < -0.3 is 10.2 Å². The van der Waals surface area contributed by atoms with Crippen LogP contribution in [0.4, 0.5) is 5.69 Å². The van der Waals surface area contributed by atoms with Crippen LogP contribution in [-0.4, -0.2) is 50.5 Å². The molecule has 1 N–H and O–H groups in total. The predicted molar refractivity (Wildman–Crippen MR) is 143 cm³/mol. The molecular formula is C24H30Cl3N3O4S. The zero-order valence-corrected chi connectivity index (χ0v) is 23.0. The average molecular weight is 563 g/mol. The number of nitrogens with zero attached hydrogens (tertiary/aromatic N) is 2. The van der Waals surface area contributed by atoms with Crippen LogP contribution in [0.1, 0.15) is 38.7 Å². The quantitative estimate of drug-likeness (QED) is 0.388. The molecule has 0 saturated carbocycles. The Morgan fingerprint density at radius 3 is 2.26 bits per heavy atom. The van der Waals surface area contributed by atoms with Crippen molar-refractivity contribution in [1.29, 1.82) is 0 Å². The van der Waals surface area contributed by atoms with Crippen molar-refractivity contribution in [1.82, 2.24) is 10.2 Å². The van der Waals surface area contributed by atoms with Crippen LogP contribution in [0.5, 0.6) is 0 Å². The topological polar surface area (TPSA) is 86.8 Å². The molecule has 1 unspecified atom stereocenters. The van der Waals surface area contributed by atoms with Gasteiger partial charge in [0.15, 0.2) is 0 Å². The van der Waals surface area contributed by atoms with Gasteiger partial charge in [-0.3, -0.25) is 13.9 Å². The van der Waals surface area contributed by atoms with Crippen molar-refractivity contribution in [3.8, 4) is 0 Å². The van der Waals surface area contributed by atoms with E-state index in [0.29, 0.717) is 32.9 Å². The normalized spacial score (nSPS) is 12.2. The summed E-state index contributed by atoms with van der Waals surface area (Å²) < 4.78 is 26.0. The number of halogens is 3. The largest absolute Gasteiger partial charge is 0.354 e. The van der Waals surface area contributed by atoms with E-state index in [9.17, 15) is 18.0 Å². The number of nitrogens with one attached hydrogen (secondary N) is 1. The first-order chi connectivity index (χ1) is 16.5. The number of rotatable bonds is 12. The molecule has 0 fully saturated rings. The Labute approximate surface area is 222 Å². The molecule has 0 aliphatic carbocycles. The second-order valence-corrected chi connectivity index (χ2v) is 11.3. The molecule has 0 spiro atoms. The lowest BCUT2D eigenvalue weighted by molar-refractivity contribution is -0.140. The number of hydrogen-bond donors (Lipinski definition) is 1. The van der Waals surface area contributed by atoms with Gasteiger partial charge in [-0.2, -0.15) is 0 Å². The maximum absolute atomic E-state index is 13.3. The third-order valence-corrected chi connectivity index (χ3v) is 7.49. The van der Waals surface area contributed by atoms with Crippen LogP contribution in [0.2, 0.25) is 15.1 Å². The van der Waals surface area contributed by atoms with Gasteiger partial charge in [-0.15, -0.1) is 0 Å². The first kappa shape index (κ1) is 29.2. The minimum absolute atomic E-state index is 0.0139. The van der Waals surface area contributed by atoms with Gasteiger partial charge >= 0.3 is 0 Å². The number of amides is 2. The smallest absolute Gasteiger partial charge is 0.242 e. The highest BCUT2D eigenvalue weighted by Gasteiger charge is 2.27. The van der Waals surface area contributed by atoms with Crippen LogP contribution in [0, 0.1) is 0 Å². The van der Waals surface area contributed by atoms with E-state index in [0.717, 1.165) is 12.7 Å². The summed E-state index contributed by atoms with van der Waals surface area (Å²) in [5, 5.41) is 3.99. The monoisotopic (exact) mass is 561 g/mol. The lowest BCUT2D eigenvalue weighted by Crippen LogP contribution is -2.48. The molecule has 2 rings (SSSR count). The maximum atomic E-state index is 13.3. The van der Waals surface area contributed by atoms with Crippen molar-refractivity contribution >= 4 is 62.3 Å². The fourth-order valence-corrected chi connectivity index (χ4v) is 5.13. The molecule has 35 heavy (non-hydrogen) atoms. The third kappa shape index (κ3) is 8.56. The first-order valence-electron chi connectivity index (χ1n) is 11.2. The van der Waals surface area contributed by atoms with Gasteiger partial charge in [0, 0.05) is 46.7 Å². The van der Waals surface area contributed by atoms with E-state index in [4.69, 9.17) is 34.8 Å². The van der Waals surface area contributed by atoms with E-state index in [-0.39, 0.29) is 37.7 Å². The van der Waals surface area contributed by atoms with Gasteiger partial charge in [-0.1, -0.05) is 53.9 Å². The van der Waals surface area contributed by atoms with Crippen molar-refractivity contribution in [2.45, 2.75) is 45.7 Å². The number of sulfonamides is 1. The maximum Gasteiger partial charge on any atom is 0.242 e. The Bertz CT molecular complexity index is 1120. The van der Waals surface area contributed by atoms with Crippen molar-refractivity contribution < 1.29 is 18.0 Å². The molecule has 0 aliphatic rings. The van der Waals surface area contributed by atoms with Gasteiger partial charge in [0.1, 0.15) is 6.04 Å². The molecule has 0 heterocycles. The summed E-state index contributed by atoms with van der Waals surface area (Å²) >= 11 is 18.7. The van der Waals surface area contributed by atoms with Crippen LogP contribution < -0.4 is 9.62 Å². The molecule has 11 heteroatoms. The molecule has 2 aromatic rings. The summed E-state index contributed by atoms with van der Waals surface area (Å²) in [6, 6.07) is 10.8. The standard InChI is InChI=1S/C24H30Cl3N3O4S/c1-4-13-28-24(32)17(2)29(16-20-21(26)10-6-11-22(20)27)23(31)12-7-14-30(35(3,33)34)19-9-5-8-18(25)15-19/h5-6,8-11,15,17H,4,7,12-14,16H2,1-3H3,(H,28,32). The Kier molecular flexibility index (Phi) is 11.1. The molecule has 2 amide bonds. The Hall–Kier alpha value is -2.00. The van der Waals surface area contributed by atoms with Gasteiger partial charge in [0.05, 0.1) is 11.9 Å². The SMILES string of the molecule is CCCNC(=O)C(C)N(Cc1c(Cl)cccc1Cl)C(=O)CCCN(c1cccc(Cl)c1)S(C)(=O)=O. The molecule has 2 aromatic carbocycles. The van der Waals surface area contributed by atoms with Crippen LogP contribution in [0.25, 0.3) is 0 Å². The number of carbonyl (C=O) groups excluding carboxylic acids is 2. The highest BCUT2D eigenvalue weighted by Crippen LogP contribution is 2.27. The van der Waals surface area contributed by atoms with Gasteiger partial charge in [-0.25, -0.2) is 8.42 Å². The van der Waals surface area contributed by atoms with Crippen LogP contribution in [0.3, 0.4) is 0 Å². The lowest BCUT2D eigenvalue weighted by Gasteiger charge is -2.30. The lowest BCUT2D eigenvalue weighted by atomic mass is 10.1. The fourth-order valence-electron chi connectivity index (χ4n) is 3.47. The molecule has 0 bridgehead atoms. The van der Waals surface area contributed by atoms with E-state index < -0.39 is 16.1 Å². The van der Waals surface area contributed by atoms with Gasteiger partial charge in [-0.05, 0) is 50.1 Å². The summed E-state index contributed by atoms with van der Waals surface area (Å²) in [5.74, 6) is -0.611. The third-order valence-electron chi connectivity index (χ3n) is 5.36. The summed E-state index contributed by atoms with van der Waals surface area (Å²) in [6.07, 6.45) is 2.10. The Morgan fingerprint density at radius 2 is 1.69 bits per heavy atom. The molecule has 1 atom stereocenters. The van der Waals surface area contributed by atoms with Crippen LogP contribution >= 0.6 is 34.8 Å². The van der Waals surface area contributed by atoms with E-state index in [1.165, 1.54) is 9.21 Å². The number of anilines is 1. The molecule has 0 aliphatic heterocycles. The summed E-state index contributed by atoms with van der Waals surface area (Å²) in [5.41, 5.74) is 0.954. The summed E-state index contributed by atoms with van der Waals surface area (Å²) in [7, 11) is -3.60. The van der Waals surface area contributed by atoms with Crippen LogP contribution in [-0.2, 0) is 26.2 Å². The van der Waals surface area contributed by atoms with Crippen molar-refractivity contribution in [3.05, 3.63) is 63.1 Å². The zero-order chi connectivity index (χ0) is 26.2. The Morgan fingerprint density at radius 1 is 1.06 bits per heavy atom. The second kappa shape index (κ2) is 13.3. The summed E-state index contributed by atoms with van der Waals surface area (Å²) in [6.45, 7) is 4.18. The van der Waals surface area contributed by atoms with E-state index in [2.05, 4.69) is 5.32 Å². The minimum atomic E-state index is -3.60. The van der Waals surface area contributed by atoms with Crippen molar-refractivity contribution in [3.63, 3.8) is 0 Å². The Balaban J connectivity index is 2.21. The van der Waals surface area contributed by atoms with Gasteiger partial charge in [0.2, 0.25) is 21.8 Å². The highest BCUT2D eigenvalue weighted by molar-refractivity contribution is 7.92. The molecule has 192 valence electrons. The zero-order valence-electron chi connectivity index (χ0n) is 19.9. The summed E-state index contributed by atoms with van der Waals surface area (Å²) in [4.78, 5) is 27.4. The van der Waals surface area contributed by atoms with Crippen LogP contribution in [0.15, 0.2) is 42.5 Å². The highest BCUT2D eigenvalue weighted by atomic mass is 35.5. The molecular weight excluding hydrogens is 533 g/mol. The second-order valence-electron chi connectivity index (χ2n) is 8.11. The molecule has 0 aromatic heterocycles. The van der Waals surface area contributed by atoms with E-state index >= 15 is 0 Å².